The Morgan fingerprint density at radius 3 is 2.80 bits per heavy atom. The lowest BCUT2D eigenvalue weighted by atomic mass is 10.2. The number of nitrogens with zero attached hydrogens (tertiary/aromatic N) is 1. The maximum atomic E-state index is 13.5. The molecule has 0 aliphatic heterocycles. The number of hydrogen-bond acceptors (Lipinski definition) is 3. The van der Waals surface area contributed by atoms with E-state index in [0.29, 0.717) is 11.4 Å². The highest BCUT2D eigenvalue weighted by molar-refractivity contribution is 5.53. The molecule has 0 saturated heterocycles. The van der Waals surface area contributed by atoms with Crippen molar-refractivity contribution in [3.8, 4) is 0 Å². The molecule has 0 heterocycles. The second kappa shape index (κ2) is 5.56. The zero-order valence-electron chi connectivity index (χ0n) is 9.26. The summed E-state index contributed by atoms with van der Waals surface area (Å²) >= 11 is 0. The van der Waals surface area contributed by atoms with Gasteiger partial charge in [-0.1, -0.05) is 0 Å². The fraction of sp³-hybridized carbons (Fsp3) is 0.455. The number of nitrogens with one attached hydrogen (secondary N) is 1. The minimum Gasteiger partial charge on any atom is -0.399 e. The van der Waals surface area contributed by atoms with Crippen LogP contribution in [-0.4, -0.2) is 27.2 Å². The Labute approximate surface area is 90.1 Å². The van der Waals surface area contributed by atoms with E-state index in [1.54, 1.807) is 12.1 Å². The topological polar surface area (TPSA) is 41.3 Å². The zero-order chi connectivity index (χ0) is 11.3. The van der Waals surface area contributed by atoms with E-state index in [0.717, 1.165) is 19.5 Å². The maximum Gasteiger partial charge on any atom is 0.148 e. The number of rotatable bonds is 5. The normalized spacial score (nSPS) is 10.3. The van der Waals surface area contributed by atoms with E-state index in [9.17, 15) is 4.39 Å². The number of halogens is 1. The molecule has 0 aliphatic rings. The highest BCUT2D eigenvalue weighted by Crippen LogP contribution is 2.20. The first-order valence-electron chi connectivity index (χ1n) is 5.06. The summed E-state index contributed by atoms with van der Waals surface area (Å²) in [5.74, 6) is -0.262. The van der Waals surface area contributed by atoms with Crippen LogP contribution in [-0.2, 0) is 0 Å². The van der Waals surface area contributed by atoms with Crippen LogP contribution in [0.1, 0.15) is 6.42 Å². The molecule has 0 atom stereocenters. The summed E-state index contributed by atoms with van der Waals surface area (Å²) in [4.78, 5) is 1.89. The standard InChI is InChI=1S/C11H18FN3/c1-14-6-3-7-15(2)11-5-4-9(13)8-10(11)12/h4-5,8,14H,3,6-7,13H2,1-2H3. The molecule has 15 heavy (non-hydrogen) atoms. The molecule has 1 rings (SSSR count). The molecule has 3 nitrogen and oxygen atoms in total. The molecule has 0 saturated carbocycles. The molecule has 0 radical (unpaired) electrons. The average Bonchev–Trinajstić information content (AvgIpc) is 2.17. The summed E-state index contributed by atoms with van der Waals surface area (Å²) in [5, 5.41) is 3.06. The second-order valence-electron chi connectivity index (χ2n) is 3.59. The van der Waals surface area contributed by atoms with Gasteiger partial charge in [0.05, 0.1) is 5.69 Å². The average molecular weight is 211 g/mol. The number of hydrogen-bond donors (Lipinski definition) is 2. The molecule has 0 spiro atoms. The van der Waals surface area contributed by atoms with Gasteiger partial charge in [0.2, 0.25) is 0 Å². The highest BCUT2D eigenvalue weighted by atomic mass is 19.1. The predicted molar refractivity (Wildman–Crippen MR) is 62.6 cm³/mol. The van der Waals surface area contributed by atoms with Crippen molar-refractivity contribution in [1.29, 1.82) is 0 Å². The van der Waals surface area contributed by atoms with Gasteiger partial charge in [0.15, 0.2) is 0 Å². The maximum absolute atomic E-state index is 13.5. The van der Waals surface area contributed by atoms with Crippen molar-refractivity contribution in [3.63, 3.8) is 0 Å². The number of anilines is 2. The minimum absolute atomic E-state index is 0.262. The van der Waals surface area contributed by atoms with Crippen LogP contribution in [0.2, 0.25) is 0 Å². The molecule has 1 aromatic carbocycles. The first kappa shape index (κ1) is 11.8. The van der Waals surface area contributed by atoms with Crippen LogP contribution >= 0.6 is 0 Å². The summed E-state index contributed by atoms with van der Waals surface area (Å²) in [6.07, 6.45) is 0.983. The van der Waals surface area contributed by atoms with Crippen molar-refractivity contribution >= 4 is 11.4 Å². The largest absolute Gasteiger partial charge is 0.399 e. The molecule has 1 aromatic rings. The number of benzene rings is 1. The van der Waals surface area contributed by atoms with Gasteiger partial charge < -0.3 is 16.0 Å². The molecule has 0 aliphatic carbocycles. The third kappa shape index (κ3) is 3.40. The smallest absolute Gasteiger partial charge is 0.148 e. The third-order valence-corrected chi connectivity index (χ3v) is 2.30. The van der Waals surface area contributed by atoms with E-state index in [4.69, 9.17) is 5.73 Å². The van der Waals surface area contributed by atoms with E-state index >= 15 is 0 Å². The van der Waals surface area contributed by atoms with Crippen molar-refractivity contribution in [1.82, 2.24) is 5.32 Å². The van der Waals surface area contributed by atoms with Gasteiger partial charge in [0.25, 0.3) is 0 Å². The number of nitrogen functional groups attached to an aromatic ring is 1. The van der Waals surface area contributed by atoms with Crippen LogP contribution in [0.5, 0.6) is 0 Å². The lowest BCUT2D eigenvalue weighted by Crippen LogP contribution is -2.23. The molecule has 0 amide bonds. The fourth-order valence-electron chi connectivity index (χ4n) is 1.45. The molecule has 0 unspecified atom stereocenters. The Kier molecular flexibility index (Phi) is 4.37. The summed E-state index contributed by atoms with van der Waals surface area (Å²) in [6, 6.07) is 4.78. The minimum atomic E-state index is -0.262. The van der Waals surface area contributed by atoms with Gasteiger partial charge in [-0.05, 0) is 38.2 Å². The van der Waals surface area contributed by atoms with Gasteiger partial charge in [-0.15, -0.1) is 0 Å². The highest BCUT2D eigenvalue weighted by Gasteiger charge is 2.06. The summed E-state index contributed by atoms with van der Waals surface area (Å²) < 4.78 is 13.5. The quantitative estimate of drug-likeness (QED) is 0.572. The Morgan fingerprint density at radius 2 is 2.20 bits per heavy atom. The van der Waals surface area contributed by atoms with Gasteiger partial charge in [0.1, 0.15) is 5.82 Å². The third-order valence-electron chi connectivity index (χ3n) is 2.30. The molecule has 3 N–H and O–H groups in total. The van der Waals surface area contributed by atoms with Gasteiger partial charge >= 0.3 is 0 Å². The molecule has 0 aromatic heterocycles. The van der Waals surface area contributed by atoms with Gasteiger partial charge in [-0.3, -0.25) is 0 Å². The first-order chi connectivity index (χ1) is 7.15. The van der Waals surface area contributed by atoms with Crippen LogP contribution in [0, 0.1) is 5.82 Å². The Bertz CT molecular complexity index is 315. The zero-order valence-corrected chi connectivity index (χ0v) is 9.26. The molecular formula is C11H18FN3. The monoisotopic (exact) mass is 211 g/mol. The predicted octanol–water partition coefficient (Wildman–Crippen LogP) is 1.45. The SMILES string of the molecule is CNCCCN(C)c1ccc(N)cc1F. The lowest BCUT2D eigenvalue weighted by molar-refractivity contribution is 0.619. The lowest BCUT2D eigenvalue weighted by Gasteiger charge is -2.19. The summed E-state index contributed by atoms with van der Waals surface area (Å²) in [5.41, 5.74) is 6.54. The Balaban J connectivity index is 2.61. The van der Waals surface area contributed by atoms with Crippen LogP contribution < -0.4 is 16.0 Å². The molecule has 0 fully saturated rings. The van der Waals surface area contributed by atoms with Crippen LogP contribution in [0.25, 0.3) is 0 Å². The van der Waals surface area contributed by atoms with E-state index in [2.05, 4.69) is 5.32 Å². The van der Waals surface area contributed by atoms with E-state index in [1.165, 1.54) is 6.07 Å². The Hall–Kier alpha value is -1.29. The molecule has 84 valence electrons. The molecule has 0 bridgehead atoms. The van der Waals surface area contributed by atoms with Crippen molar-refractivity contribution in [3.05, 3.63) is 24.0 Å². The van der Waals surface area contributed by atoms with E-state index in [-0.39, 0.29) is 5.82 Å². The molecule has 4 heteroatoms. The number of nitrogens with two attached hydrogens (primary N) is 1. The van der Waals surface area contributed by atoms with Gasteiger partial charge in [-0.2, -0.15) is 0 Å². The van der Waals surface area contributed by atoms with Crippen LogP contribution in [0.3, 0.4) is 0 Å². The summed E-state index contributed by atoms with van der Waals surface area (Å²) in [6.45, 7) is 1.75. The van der Waals surface area contributed by atoms with E-state index < -0.39 is 0 Å². The first-order valence-corrected chi connectivity index (χ1v) is 5.06. The van der Waals surface area contributed by atoms with Gasteiger partial charge in [0, 0.05) is 19.3 Å². The summed E-state index contributed by atoms with van der Waals surface area (Å²) in [7, 11) is 3.79. The van der Waals surface area contributed by atoms with Crippen LogP contribution in [0.4, 0.5) is 15.8 Å². The van der Waals surface area contributed by atoms with Crippen molar-refractivity contribution < 1.29 is 4.39 Å². The van der Waals surface area contributed by atoms with Crippen molar-refractivity contribution in [2.45, 2.75) is 6.42 Å². The van der Waals surface area contributed by atoms with Crippen LogP contribution in [0.15, 0.2) is 18.2 Å². The Morgan fingerprint density at radius 1 is 1.47 bits per heavy atom. The van der Waals surface area contributed by atoms with Crippen molar-refractivity contribution in [2.75, 3.05) is 37.8 Å². The van der Waals surface area contributed by atoms with Crippen molar-refractivity contribution in [2.24, 2.45) is 0 Å². The van der Waals surface area contributed by atoms with E-state index in [1.807, 2.05) is 19.0 Å². The van der Waals surface area contributed by atoms with Gasteiger partial charge in [-0.25, -0.2) is 4.39 Å². The fourth-order valence-corrected chi connectivity index (χ4v) is 1.45. The molecular weight excluding hydrogens is 193 g/mol. The second-order valence-corrected chi connectivity index (χ2v) is 3.59.